The van der Waals surface area contributed by atoms with E-state index in [4.69, 9.17) is 5.11 Å². The van der Waals surface area contributed by atoms with Crippen LogP contribution in [0.15, 0.2) is 18.5 Å². The standard InChI is InChI=1S/C12H22N2O/c1-3-5-12(13-2)11-6-8-14(10-11)7-4-9-15/h6,8,10,12-13,15H,3-5,7,9H2,1-2H3. The molecule has 3 heteroatoms. The molecule has 0 aromatic carbocycles. The van der Waals surface area contributed by atoms with Gasteiger partial charge >= 0.3 is 0 Å². The van der Waals surface area contributed by atoms with Crippen LogP contribution in [-0.4, -0.2) is 23.3 Å². The molecule has 1 aromatic heterocycles. The minimum atomic E-state index is 0.262. The molecule has 0 spiro atoms. The molecule has 1 unspecified atom stereocenters. The van der Waals surface area contributed by atoms with Gasteiger partial charge < -0.3 is 15.0 Å². The van der Waals surface area contributed by atoms with Gasteiger partial charge in [0.2, 0.25) is 0 Å². The number of rotatable bonds is 7. The molecule has 0 radical (unpaired) electrons. The van der Waals surface area contributed by atoms with E-state index in [2.05, 4.69) is 35.3 Å². The molecule has 0 aliphatic rings. The molecule has 0 aliphatic heterocycles. The zero-order chi connectivity index (χ0) is 11.1. The Kier molecular flexibility index (Phi) is 5.43. The highest BCUT2D eigenvalue weighted by Gasteiger charge is 2.08. The van der Waals surface area contributed by atoms with E-state index >= 15 is 0 Å². The van der Waals surface area contributed by atoms with Gasteiger partial charge in [-0.15, -0.1) is 0 Å². The van der Waals surface area contributed by atoms with Crippen molar-refractivity contribution in [1.29, 1.82) is 0 Å². The predicted molar refractivity (Wildman–Crippen MR) is 62.8 cm³/mol. The summed E-state index contributed by atoms with van der Waals surface area (Å²) in [7, 11) is 2.01. The average Bonchev–Trinajstić information content (AvgIpc) is 2.71. The average molecular weight is 210 g/mol. The van der Waals surface area contributed by atoms with Crippen molar-refractivity contribution in [3.05, 3.63) is 24.0 Å². The molecule has 1 atom stereocenters. The Morgan fingerprint density at radius 1 is 1.53 bits per heavy atom. The Balaban J connectivity index is 2.56. The fraction of sp³-hybridized carbons (Fsp3) is 0.667. The van der Waals surface area contributed by atoms with E-state index in [9.17, 15) is 0 Å². The van der Waals surface area contributed by atoms with Gasteiger partial charge in [0.05, 0.1) is 0 Å². The number of hydrogen-bond donors (Lipinski definition) is 2. The number of nitrogens with zero attached hydrogens (tertiary/aromatic N) is 1. The summed E-state index contributed by atoms with van der Waals surface area (Å²) in [6.45, 7) is 3.37. The van der Waals surface area contributed by atoms with Gasteiger partial charge in [-0.2, -0.15) is 0 Å². The summed E-state index contributed by atoms with van der Waals surface area (Å²) in [5.41, 5.74) is 1.34. The molecule has 2 N–H and O–H groups in total. The molecule has 1 heterocycles. The van der Waals surface area contributed by atoms with Crippen LogP contribution in [-0.2, 0) is 6.54 Å². The topological polar surface area (TPSA) is 37.2 Å². The summed E-state index contributed by atoms with van der Waals surface area (Å²) in [5, 5.41) is 12.1. The molecule has 1 aromatic rings. The van der Waals surface area contributed by atoms with Crippen LogP contribution in [0.5, 0.6) is 0 Å². The van der Waals surface area contributed by atoms with Gasteiger partial charge in [0.1, 0.15) is 0 Å². The monoisotopic (exact) mass is 210 g/mol. The van der Waals surface area contributed by atoms with E-state index in [-0.39, 0.29) is 6.61 Å². The lowest BCUT2D eigenvalue weighted by Crippen LogP contribution is -2.15. The first kappa shape index (κ1) is 12.3. The summed E-state index contributed by atoms with van der Waals surface area (Å²) in [6.07, 6.45) is 7.44. The van der Waals surface area contributed by atoms with Gasteiger partial charge in [0.15, 0.2) is 0 Å². The van der Waals surface area contributed by atoms with Gasteiger partial charge in [-0.1, -0.05) is 13.3 Å². The van der Waals surface area contributed by atoms with Crippen molar-refractivity contribution >= 4 is 0 Å². The summed E-state index contributed by atoms with van der Waals surface area (Å²) in [6, 6.07) is 2.62. The molecule has 0 saturated carbocycles. The molecular formula is C12H22N2O. The van der Waals surface area contributed by atoms with Crippen molar-refractivity contribution in [1.82, 2.24) is 9.88 Å². The molecule has 0 bridgehead atoms. The normalized spacial score (nSPS) is 13.0. The lowest BCUT2D eigenvalue weighted by Gasteiger charge is -2.13. The molecule has 3 nitrogen and oxygen atoms in total. The second kappa shape index (κ2) is 6.64. The fourth-order valence-electron chi connectivity index (χ4n) is 1.82. The maximum atomic E-state index is 8.75. The van der Waals surface area contributed by atoms with Crippen LogP contribution in [0.1, 0.15) is 37.8 Å². The number of nitrogens with one attached hydrogen (secondary N) is 1. The van der Waals surface area contributed by atoms with E-state index in [1.54, 1.807) is 0 Å². The van der Waals surface area contributed by atoms with Crippen LogP contribution < -0.4 is 5.32 Å². The number of aliphatic hydroxyl groups excluding tert-OH is 1. The van der Waals surface area contributed by atoms with Gasteiger partial charge in [-0.3, -0.25) is 0 Å². The Hall–Kier alpha value is -0.800. The van der Waals surface area contributed by atoms with Crippen LogP contribution in [0.3, 0.4) is 0 Å². The number of aliphatic hydroxyl groups is 1. The molecular weight excluding hydrogens is 188 g/mol. The van der Waals surface area contributed by atoms with E-state index < -0.39 is 0 Å². The second-order valence-corrected chi connectivity index (χ2v) is 3.89. The molecule has 0 fully saturated rings. The minimum absolute atomic E-state index is 0.262. The van der Waals surface area contributed by atoms with Crippen molar-refractivity contribution in [3.8, 4) is 0 Å². The first-order valence-electron chi connectivity index (χ1n) is 5.75. The van der Waals surface area contributed by atoms with E-state index in [0.29, 0.717) is 6.04 Å². The second-order valence-electron chi connectivity index (χ2n) is 3.89. The Morgan fingerprint density at radius 3 is 2.93 bits per heavy atom. The molecule has 86 valence electrons. The first-order chi connectivity index (χ1) is 7.31. The summed E-state index contributed by atoms with van der Waals surface area (Å²) in [5.74, 6) is 0. The largest absolute Gasteiger partial charge is 0.396 e. The van der Waals surface area contributed by atoms with Crippen LogP contribution >= 0.6 is 0 Å². The van der Waals surface area contributed by atoms with Crippen molar-refractivity contribution in [2.24, 2.45) is 0 Å². The Bertz CT molecular complexity index is 270. The van der Waals surface area contributed by atoms with Crippen molar-refractivity contribution in [2.75, 3.05) is 13.7 Å². The molecule has 15 heavy (non-hydrogen) atoms. The Morgan fingerprint density at radius 2 is 2.33 bits per heavy atom. The van der Waals surface area contributed by atoms with E-state index in [1.165, 1.54) is 18.4 Å². The molecule has 0 amide bonds. The smallest absolute Gasteiger partial charge is 0.0448 e. The fourth-order valence-corrected chi connectivity index (χ4v) is 1.82. The quantitative estimate of drug-likeness (QED) is 0.721. The highest BCUT2D eigenvalue weighted by Crippen LogP contribution is 2.18. The van der Waals surface area contributed by atoms with E-state index in [1.807, 2.05) is 7.05 Å². The van der Waals surface area contributed by atoms with Gasteiger partial charge in [0, 0.05) is 31.6 Å². The van der Waals surface area contributed by atoms with Gasteiger partial charge in [-0.05, 0) is 31.5 Å². The lowest BCUT2D eigenvalue weighted by atomic mass is 10.1. The summed E-state index contributed by atoms with van der Waals surface area (Å²) < 4.78 is 2.14. The Labute approximate surface area is 92.1 Å². The molecule has 1 rings (SSSR count). The van der Waals surface area contributed by atoms with E-state index in [0.717, 1.165) is 13.0 Å². The van der Waals surface area contributed by atoms with Crippen LogP contribution in [0, 0.1) is 0 Å². The third-order valence-electron chi connectivity index (χ3n) is 2.68. The highest BCUT2D eigenvalue weighted by molar-refractivity contribution is 5.15. The van der Waals surface area contributed by atoms with Gasteiger partial charge in [-0.25, -0.2) is 0 Å². The predicted octanol–water partition coefficient (Wildman–Crippen LogP) is 1.93. The maximum Gasteiger partial charge on any atom is 0.0448 e. The molecule has 0 saturated heterocycles. The lowest BCUT2D eigenvalue weighted by molar-refractivity contribution is 0.280. The summed E-state index contributed by atoms with van der Waals surface area (Å²) >= 11 is 0. The summed E-state index contributed by atoms with van der Waals surface area (Å²) in [4.78, 5) is 0. The zero-order valence-corrected chi connectivity index (χ0v) is 9.74. The van der Waals surface area contributed by atoms with Crippen molar-refractivity contribution < 1.29 is 5.11 Å². The van der Waals surface area contributed by atoms with Crippen LogP contribution in [0.4, 0.5) is 0 Å². The molecule has 0 aliphatic carbocycles. The SMILES string of the molecule is CCCC(NC)c1ccn(CCCO)c1. The van der Waals surface area contributed by atoms with Crippen molar-refractivity contribution in [2.45, 2.75) is 38.8 Å². The number of hydrogen-bond acceptors (Lipinski definition) is 2. The van der Waals surface area contributed by atoms with Crippen LogP contribution in [0.2, 0.25) is 0 Å². The maximum absolute atomic E-state index is 8.75. The minimum Gasteiger partial charge on any atom is -0.396 e. The van der Waals surface area contributed by atoms with Gasteiger partial charge in [0.25, 0.3) is 0 Å². The van der Waals surface area contributed by atoms with Crippen LogP contribution in [0.25, 0.3) is 0 Å². The zero-order valence-electron chi connectivity index (χ0n) is 9.74. The third-order valence-corrected chi connectivity index (χ3v) is 2.68. The third kappa shape index (κ3) is 3.68. The number of aryl methyl sites for hydroxylation is 1. The van der Waals surface area contributed by atoms with Crippen molar-refractivity contribution in [3.63, 3.8) is 0 Å². The highest BCUT2D eigenvalue weighted by atomic mass is 16.3. The first-order valence-corrected chi connectivity index (χ1v) is 5.75. The number of aromatic nitrogens is 1.